The van der Waals surface area contributed by atoms with Gasteiger partial charge in [-0.15, -0.1) is 11.3 Å². The number of aromatic nitrogens is 2. The second-order valence-electron chi connectivity index (χ2n) is 4.70. The van der Waals surface area contributed by atoms with E-state index in [9.17, 15) is 0 Å². The Bertz CT molecular complexity index is 458. The molecular formula is C13H16N2S. The van der Waals surface area contributed by atoms with Gasteiger partial charge in [0.2, 0.25) is 0 Å². The molecule has 2 atom stereocenters. The number of aromatic amines is 1. The lowest BCUT2D eigenvalue weighted by molar-refractivity contribution is 0.402. The van der Waals surface area contributed by atoms with Gasteiger partial charge < -0.3 is 4.98 Å². The van der Waals surface area contributed by atoms with Crippen LogP contribution in [0.2, 0.25) is 0 Å². The van der Waals surface area contributed by atoms with E-state index in [4.69, 9.17) is 0 Å². The molecule has 0 amide bonds. The molecule has 3 rings (SSSR count). The fourth-order valence-electron chi connectivity index (χ4n) is 2.69. The molecule has 2 heterocycles. The number of fused-ring (bicyclic) bond motifs is 1. The number of rotatable bonds is 2. The summed E-state index contributed by atoms with van der Waals surface area (Å²) in [7, 11) is 0. The van der Waals surface area contributed by atoms with Gasteiger partial charge >= 0.3 is 0 Å². The van der Waals surface area contributed by atoms with Crippen LogP contribution in [0.1, 0.15) is 35.4 Å². The fourth-order valence-corrected chi connectivity index (χ4v) is 3.67. The van der Waals surface area contributed by atoms with Gasteiger partial charge in [0, 0.05) is 16.8 Å². The van der Waals surface area contributed by atoms with E-state index in [-0.39, 0.29) is 0 Å². The van der Waals surface area contributed by atoms with Crippen molar-refractivity contribution in [1.29, 1.82) is 0 Å². The summed E-state index contributed by atoms with van der Waals surface area (Å²) < 4.78 is 0. The Balaban J connectivity index is 1.89. The van der Waals surface area contributed by atoms with E-state index in [2.05, 4.69) is 28.3 Å². The van der Waals surface area contributed by atoms with Crippen molar-refractivity contribution in [3.05, 3.63) is 40.1 Å². The fraction of sp³-hybridized carbons (Fsp3) is 0.462. The summed E-state index contributed by atoms with van der Waals surface area (Å²) in [6, 6.07) is 2.32. The normalized spacial score (nSPS) is 24.3. The lowest BCUT2D eigenvalue weighted by Crippen LogP contribution is -2.18. The van der Waals surface area contributed by atoms with Crippen molar-refractivity contribution in [2.24, 2.45) is 5.92 Å². The van der Waals surface area contributed by atoms with Crippen LogP contribution in [0.25, 0.3) is 0 Å². The second kappa shape index (κ2) is 4.06. The van der Waals surface area contributed by atoms with Gasteiger partial charge in [-0.1, -0.05) is 6.92 Å². The van der Waals surface area contributed by atoms with Gasteiger partial charge in [-0.05, 0) is 48.1 Å². The van der Waals surface area contributed by atoms with Crippen LogP contribution in [0.3, 0.4) is 0 Å². The first-order valence-corrected chi connectivity index (χ1v) is 6.76. The smallest absolute Gasteiger partial charge is 0.0921 e. The van der Waals surface area contributed by atoms with E-state index in [1.54, 1.807) is 16.8 Å². The number of imidazole rings is 1. The number of hydrogen-bond acceptors (Lipinski definition) is 2. The zero-order valence-electron chi connectivity index (χ0n) is 9.44. The average molecular weight is 232 g/mol. The summed E-state index contributed by atoms with van der Waals surface area (Å²) in [6.07, 6.45) is 7.43. The van der Waals surface area contributed by atoms with Crippen LogP contribution in [0, 0.1) is 5.92 Å². The topological polar surface area (TPSA) is 28.7 Å². The lowest BCUT2D eigenvalue weighted by atomic mass is 9.77. The van der Waals surface area contributed by atoms with Crippen LogP contribution in [-0.2, 0) is 12.8 Å². The molecule has 2 nitrogen and oxygen atoms in total. The summed E-state index contributed by atoms with van der Waals surface area (Å²) in [4.78, 5) is 8.92. The van der Waals surface area contributed by atoms with Gasteiger partial charge in [-0.2, -0.15) is 0 Å². The van der Waals surface area contributed by atoms with Gasteiger partial charge in [0.15, 0.2) is 0 Å². The number of nitrogens with zero attached hydrogens (tertiary/aromatic N) is 1. The summed E-state index contributed by atoms with van der Waals surface area (Å²) in [5, 5.41) is 2.24. The van der Waals surface area contributed by atoms with Crippen LogP contribution in [0.5, 0.6) is 0 Å². The van der Waals surface area contributed by atoms with Crippen molar-refractivity contribution >= 4 is 11.3 Å². The highest BCUT2D eigenvalue weighted by molar-refractivity contribution is 7.10. The first-order valence-electron chi connectivity index (χ1n) is 5.88. The average Bonchev–Trinajstić information content (AvgIpc) is 2.92. The maximum absolute atomic E-state index is 4.10. The predicted octanol–water partition coefficient (Wildman–Crippen LogP) is 3.38. The molecule has 1 aliphatic rings. The van der Waals surface area contributed by atoms with Crippen LogP contribution < -0.4 is 0 Å². The number of hydrogen-bond donors (Lipinski definition) is 1. The minimum absolute atomic E-state index is 0.676. The third-order valence-corrected chi connectivity index (χ3v) is 4.68. The van der Waals surface area contributed by atoms with E-state index in [0.717, 1.165) is 12.3 Å². The van der Waals surface area contributed by atoms with E-state index in [0.29, 0.717) is 5.92 Å². The Morgan fingerprint density at radius 1 is 1.56 bits per heavy atom. The highest BCUT2D eigenvalue weighted by atomic mass is 32.1. The van der Waals surface area contributed by atoms with Gasteiger partial charge in [0.05, 0.1) is 6.33 Å². The van der Waals surface area contributed by atoms with Crippen molar-refractivity contribution in [3.8, 4) is 0 Å². The summed E-state index contributed by atoms with van der Waals surface area (Å²) in [6.45, 7) is 2.38. The molecule has 0 radical (unpaired) electrons. The largest absolute Gasteiger partial charge is 0.348 e. The molecule has 0 saturated carbocycles. The first kappa shape index (κ1) is 10.1. The summed E-state index contributed by atoms with van der Waals surface area (Å²) >= 11 is 1.92. The number of nitrogens with one attached hydrogen (secondary N) is 1. The molecule has 1 N–H and O–H groups in total. The molecule has 0 aromatic carbocycles. The molecule has 2 unspecified atom stereocenters. The molecule has 16 heavy (non-hydrogen) atoms. The van der Waals surface area contributed by atoms with Crippen LogP contribution in [-0.4, -0.2) is 9.97 Å². The molecule has 3 heteroatoms. The minimum atomic E-state index is 0.676. The number of H-pyrrole nitrogens is 1. The molecular weight excluding hydrogens is 216 g/mol. The van der Waals surface area contributed by atoms with Gasteiger partial charge in [-0.3, -0.25) is 0 Å². The summed E-state index contributed by atoms with van der Waals surface area (Å²) in [5.41, 5.74) is 2.84. The molecule has 1 aliphatic carbocycles. The van der Waals surface area contributed by atoms with Crippen LogP contribution in [0.4, 0.5) is 0 Å². The third kappa shape index (κ3) is 1.69. The molecule has 0 fully saturated rings. The number of thiophene rings is 1. The monoisotopic (exact) mass is 232 g/mol. The van der Waals surface area contributed by atoms with Crippen LogP contribution in [0.15, 0.2) is 24.0 Å². The summed E-state index contributed by atoms with van der Waals surface area (Å²) in [5.74, 6) is 1.46. The minimum Gasteiger partial charge on any atom is -0.348 e. The van der Waals surface area contributed by atoms with E-state index >= 15 is 0 Å². The van der Waals surface area contributed by atoms with Gasteiger partial charge in [0.1, 0.15) is 0 Å². The zero-order chi connectivity index (χ0) is 11.0. The van der Waals surface area contributed by atoms with Gasteiger partial charge in [0.25, 0.3) is 0 Å². The van der Waals surface area contributed by atoms with Crippen molar-refractivity contribution in [3.63, 3.8) is 0 Å². The van der Waals surface area contributed by atoms with E-state index in [1.807, 2.05) is 17.5 Å². The predicted molar refractivity (Wildman–Crippen MR) is 66.8 cm³/mol. The molecule has 2 aromatic rings. The number of aryl methyl sites for hydroxylation is 1. The zero-order valence-corrected chi connectivity index (χ0v) is 10.3. The standard InChI is InChI=1S/C13H16N2S/c1-9-2-3-13-11(4-5-16-13)12(9)6-10-7-14-8-15-10/h4-5,7-9,12H,2-3,6H2,1H3,(H,14,15). The maximum atomic E-state index is 4.10. The molecule has 0 aliphatic heterocycles. The maximum Gasteiger partial charge on any atom is 0.0921 e. The van der Waals surface area contributed by atoms with Crippen molar-refractivity contribution in [1.82, 2.24) is 9.97 Å². The van der Waals surface area contributed by atoms with E-state index < -0.39 is 0 Å². The Morgan fingerprint density at radius 3 is 3.31 bits per heavy atom. The SMILES string of the molecule is CC1CCc2sccc2C1Cc1cnc[nH]1. The van der Waals surface area contributed by atoms with Crippen molar-refractivity contribution in [2.45, 2.75) is 32.1 Å². The van der Waals surface area contributed by atoms with Crippen LogP contribution >= 0.6 is 11.3 Å². The molecule has 84 valence electrons. The highest BCUT2D eigenvalue weighted by Gasteiger charge is 2.27. The molecule has 0 spiro atoms. The Kier molecular flexibility index (Phi) is 2.56. The van der Waals surface area contributed by atoms with E-state index in [1.165, 1.54) is 18.5 Å². The van der Waals surface area contributed by atoms with Crippen molar-refractivity contribution < 1.29 is 0 Å². The second-order valence-corrected chi connectivity index (χ2v) is 5.70. The quantitative estimate of drug-likeness (QED) is 0.845. The third-order valence-electron chi connectivity index (χ3n) is 3.69. The highest BCUT2D eigenvalue weighted by Crippen LogP contribution is 2.40. The Morgan fingerprint density at radius 2 is 2.50 bits per heavy atom. The molecule has 0 bridgehead atoms. The molecule has 0 saturated heterocycles. The van der Waals surface area contributed by atoms with Gasteiger partial charge in [-0.25, -0.2) is 4.98 Å². The molecule has 2 aromatic heterocycles. The van der Waals surface area contributed by atoms with Crippen molar-refractivity contribution in [2.75, 3.05) is 0 Å². The Hall–Kier alpha value is -1.09. The Labute approximate surface area is 99.7 Å². The lowest BCUT2D eigenvalue weighted by Gasteiger charge is -2.28. The first-order chi connectivity index (χ1) is 7.84.